The Morgan fingerprint density at radius 3 is 2.70 bits per heavy atom. The van der Waals surface area contributed by atoms with Gasteiger partial charge in [0.15, 0.2) is 0 Å². The van der Waals surface area contributed by atoms with Crippen LogP contribution < -0.4 is 5.73 Å². The van der Waals surface area contributed by atoms with Crippen molar-refractivity contribution >= 4 is 0 Å². The molecule has 0 heterocycles. The molecule has 0 atom stereocenters. The van der Waals surface area contributed by atoms with E-state index in [2.05, 4.69) is 19.9 Å². The zero-order chi connectivity index (χ0) is 7.61. The van der Waals surface area contributed by atoms with Gasteiger partial charge in [-0.15, -0.1) is 0 Å². The van der Waals surface area contributed by atoms with E-state index in [1.165, 1.54) is 24.8 Å². The molecule has 2 N–H and O–H groups in total. The number of hydrogen-bond acceptors (Lipinski definition) is 1. The fourth-order valence-corrected chi connectivity index (χ4v) is 1.63. The normalized spacial score (nSPS) is 24.1. The third kappa shape index (κ3) is 1.84. The lowest BCUT2D eigenvalue weighted by molar-refractivity contribution is 0.396. The average Bonchev–Trinajstić information content (AvgIpc) is 1.86. The molecule has 1 aliphatic carbocycles. The summed E-state index contributed by atoms with van der Waals surface area (Å²) in [6, 6.07) is 0. The van der Waals surface area contributed by atoms with E-state index in [4.69, 9.17) is 5.73 Å². The van der Waals surface area contributed by atoms with Crippen LogP contribution in [0.3, 0.4) is 0 Å². The van der Waals surface area contributed by atoms with Gasteiger partial charge in [0, 0.05) is 6.54 Å². The second-order valence-corrected chi connectivity index (χ2v) is 3.85. The van der Waals surface area contributed by atoms with Crippen LogP contribution in [0.2, 0.25) is 0 Å². The lowest BCUT2D eigenvalue weighted by Crippen LogP contribution is -2.16. The molecule has 10 heavy (non-hydrogen) atoms. The summed E-state index contributed by atoms with van der Waals surface area (Å²) in [5.41, 5.74) is 7.41. The van der Waals surface area contributed by atoms with Crippen LogP contribution >= 0.6 is 0 Å². The summed E-state index contributed by atoms with van der Waals surface area (Å²) in [4.78, 5) is 0. The molecule has 0 saturated heterocycles. The van der Waals surface area contributed by atoms with Gasteiger partial charge in [0.1, 0.15) is 0 Å². The molecule has 0 aliphatic heterocycles. The summed E-state index contributed by atoms with van der Waals surface area (Å²) in [7, 11) is 0. The highest BCUT2D eigenvalue weighted by Crippen LogP contribution is 2.32. The minimum absolute atomic E-state index is 0.410. The summed E-state index contributed by atoms with van der Waals surface area (Å²) in [5, 5.41) is 0. The fourth-order valence-electron chi connectivity index (χ4n) is 1.63. The van der Waals surface area contributed by atoms with Crippen LogP contribution in [0.4, 0.5) is 0 Å². The summed E-state index contributed by atoms with van der Waals surface area (Å²) >= 11 is 0. The van der Waals surface area contributed by atoms with Crippen molar-refractivity contribution in [1.82, 2.24) is 0 Å². The van der Waals surface area contributed by atoms with Gasteiger partial charge in [0.05, 0.1) is 0 Å². The van der Waals surface area contributed by atoms with Crippen LogP contribution in [0.25, 0.3) is 0 Å². The van der Waals surface area contributed by atoms with E-state index in [0.717, 1.165) is 6.54 Å². The lowest BCUT2D eigenvalue weighted by atomic mass is 9.80. The quantitative estimate of drug-likeness (QED) is 0.553. The Balaban J connectivity index is 2.66. The molecule has 0 bridgehead atoms. The van der Waals surface area contributed by atoms with E-state index in [1.807, 2.05) is 0 Å². The van der Waals surface area contributed by atoms with E-state index < -0.39 is 0 Å². The molecule has 0 fully saturated rings. The van der Waals surface area contributed by atoms with Gasteiger partial charge < -0.3 is 5.73 Å². The standard InChI is InChI=1S/C9H17N/c1-9(2)5-3-4-8(6-9)7-10/h6H,3-5,7,10H2,1-2H3. The monoisotopic (exact) mass is 139 g/mol. The topological polar surface area (TPSA) is 26.0 Å². The van der Waals surface area contributed by atoms with Gasteiger partial charge in [-0.3, -0.25) is 0 Å². The molecule has 0 radical (unpaired) electrons. The molecule has 0 saturated carbocycles. The van der Waals surface area contributed by atoms with Crippen LogP contribution in [0, 0.1) is 5.41 Å². The second-order valence-electron chi connectivity index (χ2n) is 3.85. The third-order valence-electron chi connectivity index (χ3n) is 2.18. The molecule has 0 aromatic heterocycles. The first-order valence-electron chi connectivity index (χ1n) is 4.05. The molecule has 58 valence electrons. The van der Waals surface area contributed by atoms with Gasteiger partial charge in [-0.2, -0.15) is 0 Å². The van der Waals surface area contributed by atoms with Crippen molar-refractivity contribution < 1.29 is 0 Å². The van der Waals surface area contributed by atoms with E-state index in [-0.39, 0.29) is 0 Å². The molecule has 0 aromatic carbocycles. The molecule has 1 heteroatoms. The smallest absolute Gasteiger partial charge is 0.0137 e. The highest BCUT2D eigenvalue weighted by atomic mass is 14.5. The minimum atomic E-state index is 0.410. The Hall–Kier alpha value is -0.300. The molecule has 1 nitrogen and oxygen atoms in total. The van der Waals surface area contributed by atoms with Crippen molar-refractivity contribution in [3.63, 3.8) is 0 Å². The zero-order valence-electron chi connectivity index (χ0n) is 6.98. The van der Waals surface area contributed by atoms with Crippen molar-refractivity contribution in [1.29, 1.82) is 0 Å². The van der Waals surface area contributed by atoms with Crippen molar-refractivity contribution in [2.75, 3.05) is 6.54 Å². The maximum Gasteiger partial charge on any atom is 0.0137 e. The van der Waals surface area contributed by atoms with E-state index in [9.17, 15) is 0 Å². The number of rotatable bonds is 1. The Bertz CT molecular complexity index is 145. The predicted octanol–water partition coefficient (Wildman–Crippen LogP) is 2.08. The highest BCUT2D eigenvalue weighted by Gasteiger charge is 2.18. The van der Waals surface area contributed by atoms with Gasteiger partial charge in [-0.1, -0.05) is 25.5 Å². The molecule has 1 rings (SSSR count). The van der Waals surface area contributed by atoms with E-state index in [0.29, 0.717) is 5.41 Å². The predicted molar refractivity (Wildman–Crippen MR) is 44.8 cm³/mol. The van der Waals surface area contributed by atoms with Gasteiger partial charge in [-0.05, 0) is 24.7 Å². The van der Waals surface area contributed by atoms with Crippen molar-refractivity contribution in [3.8, 4) is 0 Å². The first-order valence-corrected chi connectivity index (χ1v) is 4.05. The Kier molecular flexibility index (Phi) is 2.14. The van der Waals surface area contributed by atoms with Gasteiger partial charge in [-0.25, -0.2) is 0 Å². The summed E-state index contributed by atoms with van der Waals surface area (Å²) < 4.78 is 0. The Morgan fingerprint density at radius 2 is 2.30 bits per heavy atom. The molecule has 0 spiro atoms. The fraction of sp³-hybridized carbons (Fsp3) is 0.778. The van der Waals surface area contributed by atoms with Crippen molar-refractivity contribution in [2.45, 2.75) is 33.1 Å². The SMILES string of the molecule is CC1(C)C=C(CN)CCC1. The highest BCUT2D eigenvalue weighted by molar-refractivity contribution is 5.12. The lowest BCUT2D eigenvalue weighted by Gasteiger charge is -2.26. The van der Waals surface area contributed by atoms with Crippen LogP contribution in [0.1, 0.15) is 33.1 Å². The molecule has 0 aromatic rings. The summed E-state index contributed by atoms with van der Waals surface area (Å²) in [5.74, 6) is 0. The summed E-state index contributed by atoms with van der Waals surface area (Å²) in [6.45, 7) is 5.31. The maximum absolute atomic E-state index is 5.56. The molecular weight excluding hydrogens is 122 g/mol. The van der Waals surface area contributed by atoms with Crippen molar-refractivity contribution in [3.05, 3.63) is 11.6 Å². The molecule has 0 unspecified atom stereocenters. The minimum Gasteiger partial charge on any atom is -0.327 e. The molecular formula is C9H17N. The third-order valence-corrected chi connectivity index (χ3v) is 2.18. The van der Waals surface area contributed by atoms with Crippen molar-refractivity contribution in [2.24, 2.45) is 11.1 Å². The maximum atomic E-state index is 5.56. The Labute approximate surface area is 63.3 Å². The van der Waals surface area contributed by atoms with Gasteiger partial charge in [0.25, 0.3) is 0 Å². The van der Waals surface area contributed by atoms with Crippen LogP contribution in [-0.4, -0.2) is 6.54 Å². The number of nitrogens with two attached hydrogens (primary N) is 1. The summed E-state index contributed by atoms with van der Waals surface area (Å²) in [6.07, 6.45) is 6.20. The largest absolute Gasteiger partial charge is 0.327 e. The van der Waals surface area contributed by atoms with Crippen LogP contribution in [-0.2, 0) is 0 Å². The van der Waals surface area contributed by atoms with E-state index >= 15 is 0 Å². The molecule has 1 aliphatic rings. The zero-order valence-corrected chi connectivity index (χ0v) is 6.98. The van der Waals surface area contributed by atoms with E-state index in [1.54, 1.807) is 0 Å². The molecule has 0 amide bonds. The van der Waals surface area contributed by atoms with Crippen LogP contribution in [0.5, 0.6) is 0 Å². The number of allylic oxidation sites excluding steroid dienone is 1. The first-order chi connectivity index (χ1) is 4.64. The first kappa shape index (κ1) is 7.80. The Morgan fingerprint density at radius 1 is 1.60 bits per heavy atom. The van der Waals surface area contributed by atoms with Gasteiger partial charge in [0.2, 0.25) is 0 Å². The van der Waals surface area contributed by atoms with Crippen LogP contribution in [0.15, 0.2) is 11.6 Å². The average molecular weight is 139 g/mol. The second kappa shape index (κ2) is 2.75. The number of hydrogen-bond donors (Lipinski definition) is 1. The van der Waals surface area contributed by atoms with Gasteiger partial charge >= 0.3 is 0 Å².